The Hall–Kier alpha value is -1.51. The maximum Gasteiger partial charge on any atom is 0.223 e. The number of carbonyl (C=O) groups is 1. The first kappa shape index (κ1) is 19.8. The van der Waals surface area contributed by atoms with Crippen LogP contribution in [0.4, 0.5) is 4.39 Å². The predicted molar refractivity (Wildman–Crippen MR) is 94.9 cm³/mol. The molecule has 8 heteroatoms. The van der Waals surface area contributed by atoms with Crippen molar-refractivity contribution >= 4 is 15.9 Å². The average Bonchev–Trinajstić information content (AvgIpc) is 2.56. The van der Waals surface area contributed by atoms with E-state index < -0.39 is 10.0 Å². The van der Waals surface area contributed by atoms with E-state index in [1.165, 1.54) is 28.6 Å². The molecule has 1 saturated heterocycles. The summed E-state index contributed by atoms with van der Waals surface area (Å²) in [4.78, 5) is 14.1. The van der Waals surface area contributed by atoms with Crippen molar-refractivity contribution in [1.82, 2.24) is 14.5 Å². The molecule has 1 aromatic carbocycles. The first-order valence-corrected chi connectivity index (χ1v) is 10.0. The number of hydrogen-bond donors (Lipinski definition) is 1. The molecule has 25 heavy (non-hydrogen) atoms. The summed E-state index contributed by atoms with van der Waals surface area (Å²) in [6.07, 6.45) is 1.05. The number of benzene rings is 1. The lowest BCUT2D eigenvalue weighted by molar-refractivity contribution is -0.126. The fraction of sp³-hybridized carbons (Fsp3) is 0.588. The standard InChI is InChI=1S/C17H26FN3O3S/c1-20(2)12-9-19-17(22)15-7-10-21(11-8-15)25(23,24)13-14-3-5-16(18)6-4-14/h3-6,15H,7-13H2,1-2H3,(H,19,22). The highest BCUT2D eigenvalue weighted by atomic mass is 32.2. The minimum atomic E-state index is -3.45. The molecule has 1 aliphatic heterocycles. The van der Waals surface area contributed by atoms with Crippen LogP contribution in [0.5, 0.6) is 0 Å². The highest BCUT2D eigenvalue weighted by Crippen LogP contribution is 2.22. The van der Waals surface area contributed by atoms with Crippen molar-refractivity contribution in [2.24, 2.45) is 5.92 Å². The van der Waals surface area contributed by atoms with Crippen LogP contribution in [0, 0.1) is 11.7 Å². The third-order valence-electron chi connectivity index (χ3n) is 4.34. The molecule has 2 rings (SSSR count). The molecule has 1 aromatic rings. The van der Waals surface area contributed by atoms with Gasteiger partial charge in [0.25, 0.3) is 0 Å². The molecule has 1 heterocycles. The Labute approximate surface area is 149 Å². The van der Waals surface area contributed by atoms with Crippen LogP contribution in [0.1, 0.15) is 18.4 Å². The number of carbonyl (C=O) groups excluding carboxylic acids is 1. The second-order valence-corrected chi connectivity index (χ2v) is 8.62. The van der Waals surface area contributed by atoms with Gasteiger partial charge in [-0.3, -0.25) is 4.79 Å². The lowest BCUT2D eigenvalue weighted by atomic mass is 9.97. The molecular weight excluding hydrogens is 345 g/mol. The first-order chi connectivity index (χ1) is 11.8. The zero-order valence-electron chi connectivity index (χ0n) is 14.7. The van der Waals surface area contributed by atoms with Gasteiger partial charge in [-0.2, -0.15) is 0 Å². The summed E-state index contributed by atoms with van der Waals surface area (Å²) in [5.74, 6) is -0.674. The quantitative estimate of drug-likeness (QED) is 0.778. The normalized spacial score (nSPS) is 17.0. The van der Waals surface area contributed by atoms with Gasteiger partial charge in [-0.1, -0.05) is 12.1 Å². The van der Waals surface area contributed by atoms with Crippen LogP contribution in [0.15, 0.2) is 24.3 Å². The van der Waals surface area contributed by atoms with Gasteiger partial charge in [0.05, 0.1) is 5.75 Å². The molecular formula is C17H26FN3O3S. The summed E-state index contributed by atoms with van der Waals surface area (Å²) in [5.41, 5.74) is 0.560. The molecule has 0 bridgehead atoms. The van der Waals surface area contributed by atoms with E-state index in [-0.39, 0.29) is 23.4 Å². The average molecular weight is 371 g/mol. The Balaban J connectivity index is 1.84. The molecule has 1 fully saturated rings. The summed E-state index contributed by atoms with van der Waals surface area (Å²) in [7, 11) is 0.428. The molecule has 0 unspecified atom stereocenters. The minimum absolute atomic E-state index is 0.00238. The Morgan fingerprint density at radius 1 is 1.24 bits per heavy atom. The van der Waals surface area contributed by atoms with E-state index in [1.807, 2.05) is 19.0 Å². The fourth-order valence-electron chi connectivity index (χ4n) is 2.83. The van der Waals surface area contributed by atoms with Gasteiger partial charge in [-0.15, -0.1) is 0 Å². The lowest BCUT2D eigenvalue weighted by Gasteiger charge is -2.30. The maximum absolute atomic E-state index is 12.9. The molecule has 1 N–H and O–H groups in total. The highest BCUT2D eigenvalue weighted by Gasteiger charge is 2.31. The fourth-order valence-corrected chi connectivity index (χ4v) is 4.39. The summed E-state index contributed by atoms with van der Waals surface area (Å²) < 4.78 is 39.3. The summed E-state index contributed by atoms with van der Waals surface area (Å²) >= 11 is 0. The maximum atomic E-state index is 12.9. The summed E-state index contributed by atoms with van der Waals surface area (Å²) in [5, 5.41) is 2.90. The van der Waals surface area contributed by atoms with Gasteiger partial charge in [0, 0.05) is 32.1 Å². The van der Waals surface area contributed by atoms with Gasteiger partial charge in [-0.05, 0) is 44.6 Å². The number of nitrogens with one attached hydrogen (secondary N) is 1. The number of sulfonamides is 1. The van der Waals surface area contributed by atoms with Crippen molar-refractivity contribution in [3.63, 3.8) is 0 Å². The van der Waals surface area contributed by atoms with E-state index in [1.54, 1.807) is 0 Å². The van der Waals surface area contributed by atoms with E-state index in [2.05, 4.69) is 5.32 Å². The molecule has 6 nitrogen and oxygen atoms in total. The second-order valence-electron chi connectivity index (χ2n) is 6.65. The number of likely N-dealkylation sites (N-methyl/N-ethyl adjacent to an activating group) is 1. The number of rotatable bonds is 7. The summed E-state index contributed by atoms with van der Waals surface area (Å²) in [6, 6.07) is 5.49. The van der Waals surface area contributed by atoms with Gasteiger partial charge in [0.2, 0.25) is 15.9 Å². The monoisotopic (exact) mass is 371 g/mol. The van der Waals surface area contributed by atoms with Crippen molar-refractivity contribution in [3.8, 4) is 0 Å². The molecule has 0 aliphatic carbocycles. The smallest absolute Gasteiger partial charge is 0.223 e. The largest absolute Gasteiger partial charge is 0.355 e. The van der Waals surface area contributed by atoms with Crippen molar-refractivity contribution in [1.29, 1.82) is 0 Å². The van der Waals surface area contributed by atoms with Crippen LogP contribution in [0.2, 0.25) is 0 Å². The van der Waals surface area contributed by atoms with E-state index >= 15 is 0 Å². The van der Waals surface area contributed by atoms with Crippen LogP contribution in [-0.4, -0.2) is 63.8 Å². The van der Waals surface area contributed by atoms with Crippen LogP contribution in [0.25, 0.3) is 0 Å². The Bertz CT molecular complexity index is 669. The molecule has 0 spiro atoms. The third kappa shape index (κ3) is 6.05. The number of hydrogen-bond acceptors (Lipinski definition) is 4. The first-order valence-electron chi connectivity index (χ1n) is 8.42. The highest BCUT2D eigenvalue weighted by molar-refractivity contribution is 7.88. The molecule has 1 amide bonds. The molecule has 0 aromatic heterocycles. The summed E-state index contributed by atoms with van der Waals surface area (Å²) in [6.45, 7) is 2.05. The second kappa shape index (κ2) is 8.73. The van der Waals surface area contributed by atoms with Gasteiger partial charge < -0.3 is 10.2 Å². The zero-order valence-corrected chi connectivity index (χ0v) is 15.6. The Morgan fingerprint density at radius 3 is 2.40 bits per heavy atom. The van der Waals surface area contributed by atoms with E-state index in [9.17, 15) is 17.6 Å². The van der Waals surface area contributed by atoms with Gasteiger partial charge in [-0.25, -0.2) is 17.1 Å². The van der Waals surface area contributed by atoms with Crippen molar-refractivity contribution in [3.05, 3.63) is 35.6 Å². The SMILES string of the molecule is CN(C)CCNC(=O)C1CCN(S(=O)(=O)Cc2ccc(F)cc2)CC1. The third-order valence-corrected chi connectivity index (χ3v) is 6.19. The van der Waals surface area contributed by atoms with Gasteiger partial charge in [0.15, 0.2) is 0 Å². The Kier molecular flexibility index (Phi) is 6.92. The van der Waals surface area contributed by atoms with E-state index in [0.29, 0.717) is 38.0 Å². The van der Waals surface area contributed by atoms with Crippen LogP contribution >= 0.6 is 0 Å². The molecule has 0 radical (unpaired) electrons. The predicted octanol–water partition coefficient (Wildman–Crippen LogP) is 1.05. The van der Waals surface area contributed by atoms with Crippen LogP contribution in [0.3, 0.4) is 0 Å². The van der Waals surface area contributed by atoms with Crippen molar-refractivity contribution in [2.75, 3.05) is 40.3 Å². The number of amides is 1. The zero-order chi connectivity index (χ0) is 18.4. The lowest BCUT2D eigenvalue weighted by Crippen LogP contribution is -2.44. The molecule has 0 saturated carbocycles. The number of piperidine rings is 1. The topological polar surface area (TPSA) is 69.7 Å². The van der Waals surface area contributed by atoms with Crippen molar-refractivity contribution in [2.45, 2.75) is 18.6 Å². The Morgan fingerprint density at radius 2 is 1.84 bits per heavy atom. The van der Waals surface area contributed by atoms with E-state index in [4.69, 9.17) is 0 Å². The van der Waals surface area contributed by atoms with Crippen LogP contribution in [-0.2, 0) is 20.6 Å². The molecule has 1 aliphatic rings. The number of halogens is 1. The molecule has 0 atom stereocenters. The van der Waals surface area contributed by atoms with Gasteiger partial charge >= 0.3 is 0 Å². The minimum Gasteiger partial charge on any atom is -0.355 e. The van der Waals surface area contributed by atoms with Crippen LogP contribution < -0.4 is 5.32 Å². The molecule has 140 valence electrons. The number of nitrogens with zero attached hydrogens (tertiary/aromatic N) is 2. The van der Waals surface area contributed by atoms with Crippen molar-refractivity contribution < 1.29 is 17.6 Å². The van der Waals surface area contributed by atoms with Gasteiger partial charge in [0.1, 0.15) is 5.82 Å². The van der Waals surface area contributed by atoms with E-state index in [0.717, 1.165) is 6.54 Å².